The molecule has 0 aliphatic carbocycles. The van der Waals surface area contributed by atoms with E-state index >= 15 is 0 Å². The first-order valence-corrected chi connectivity index (χ1v) is 12.9. The summed E-state index contributed by atoms with van der Waals surface area (Å²) < 4.78 is 16.1. The molecule has 4 aromatic rings. The fraction of sp³-hybridized carbons (Fsp3) is 0.370. The molecule has 2 saturated heterocycles. The van der Waals surface area contributed by atoms with Gasteiger partial charge in [-0.25, -0.2) is 24.3 Å². The standard InChI is InChI=1S/C27H29FN8O2/c28-20-3-4-24(22(14-20)19-15-30-27(31-16-19)35-8-5-21(37)6-9-35)33-10-12-34(13-11-33)25(38)17-36-18-32-23-2-1-7-29-26(23)36/h1-4,7,14-16,18,21,37H,5-6,8-13,17H2. The predicted molar refractivity (Wildman–Crippen MR) is 141 cm³/mol. The molecule has 2 aliphatic rings. The summed E-state index contributed by atoms with van der Waals surface area (Å²) in [5.41, 5.74) is 3.81. The van der Waals surface area contributed by atoms with Crippen molar-refractivity contribution in [1.82, 2.24) is 29.4 Å². The first-order valence-electron chi connectivity index (χ1n) is 12.9. The van der Waals surface area contributed by atoms with E-state index in [4.69, 9.17) is 0 Å². The number of piperidine rings is 1. The number of hydrogen-bond acceptors (Lipinski definition) is 8. The number of aromatic nitrogens is 5. The van der Waals surface area contributed by atoms with Crippen LogP contribution < -0.4 is 9.80 Å². The Morgan fingerprint density at radius 1 is 0.947 bits per heavy atom. The van der Waals surface area contributed by atoms with Gasteiger partial charge in [-0.1, -0.05) is 0 Å². The minimum atomic E-state index is -0.326. The Balaban J connectivity index is 1.14. The molecule has 3 aromatic heterocycles. The second kappa shape index (κ2) is 10.3. The number of anilines is 2. The average molecular weight is 517 g/mol. The summed E-state index contributed by atoms with van der Waals surface area (Å²) in [6, 6.07) is 8.46. The number of nitrogens with zero attached hydrogens (tertiary/aromatic N) is 8. The summed E-state index contributed by atoms with van der Waals surface area (Å²) in [5.74, 6) is 0.308. The summed E-state index contributed by atoms with van der Waals surface area (Å²) in [6.07, 6.45) is 7.94. The van der Waals surface area contributed by atoms with E-state index in [0.29, 0.717) is 63.7 Å². The molecule has 2 fully saturated rings. The molecule has 11 heteroatoms. The normalized spacial score (nSPS) is 16.8. The quantitative estimate of drug-likeness (QED) is 0.431. The summed E-state index contributed by atoms with van der Waals surface area (Å²) in [5, 5.41) is 9.75. The van der Waals surface area contributed by atoms with Gasteiger partial charge in [0.2, 0.25) is 11.9 Å². The van der Waals surface area contributed by atoms with Crippen molar-refractivity contribution in [2.45, 2.75) is 25.5 Å². The lowest BCUT2D eigenvalue weighted by atomic mass is 10.0. The van der Waals surface area contributed by atoms with Crippen molar-refractivity contribution in [2.24, 2.45) is 0 Å². The maximum absolute atomic E-state index is 14.3. The second-order valence-electron chi connectivity index (χ2n) is 9.74. The average Bonchev–Trinajstić information content (AvgIpc) is 3.36. The van der Waals surface area contributed by atoms with Crippen LogP contribution in [0.4, 0.5) is 16.0 Å². The minimum Gasteiger partial charge on any atom is -0.393 e. The summed E-state index contributed by atoms with van der Waals surface area (Å²) in [7, 11) is 0. The number of fused-ring (bicyclic) bond motifs is 1. The van der Waals surface area contributed by atoms with Gasteiger partial charge in [-0.3, -0.25) is 4.79 Å². The van der Waals surface area contributed by atoms with E-state index in [1.807, 2.05) is 17.0 Å². The van der Waals surface area contributed by atoms with E-state index in [1.54, 1.807) is 35.6 Å². The van der Waals surface area contributed by atoms with Gasteiger partial charge in [0.1, 0.15) is 17.9 Å². The number of pyridine rings is 1. The molecule has 1 N–H and O–H groups in total. The van der Waals surface area contributed by atoms with Crippen LogP contribution in [-0.2, 0) is 11.3 Å². The van der Waals surface area contributed by atoms with Crippen LogP contribution in [-0.4, -0.2) is 85.8 Å². The van der Waals surface area contributed by atoms with Gasteiger partial charge in [-0.15, -0.1) is 0 Å². The van der Waals surface area contributed by atoms with Gasteiger partial charge in [0.15, 0.2) is 5.65 Å². The zero-order valence-corrected chi connectivity index (χ0v) is 20.9. The highest BCUT2D eigenvalue weighted by atomic mass is 19.1. The second-order valence-corrected chi connectivity index (χ2v) is 9.74. The van der Waals surface area contributed by atoms with Gasteiger partial charge in [0, 0.05) is 74.7 Å². The van der Waals surface area contributed by atoms with Crippen LogP contribution in [0.5, 0.6) is 0 Å². The SMILES string of the molecule is O=C(Cn1cnc2cccnc21)N1CCN(c2ccc(F)cc2-c2cnc(N3CCC(O)CC3)nc2)CC1. The van der Waals surface area contributed by atoms with Crippen LogP contribution in [0, 0.1) is 5.82 Å². The van der Waals surface area contributed by atoms with Crippen LogP contribution in [0.1, 0.15) is 12.8 Å². The molecule has 0 radical (unpaired) electrons. The Hall–Kier alpha value is -4.12. The minimum absolute atomic E-state index is 0.0168. The van der Waals surface area contributed by atoms with Crippen LogP contribution >= 0.6 is 0 Å². The Kier molecular flexibility index (Phi) is 6.59. The first kappa shape index (κ1) is 24.2. The van der Waals surface area contributed by atoms with Gasteiger partial charge >= 0.3 is 0 Å². The first-order chi connectivity index (χ1) is 18.5. The molecule has 0 atom stereocenters. The lowest BCUT2D eigenvalue weighted by molar-refractivity contribution is -0.132. The smallest absolute Gasteiger partial charge is 0.242 e. The van der Waals surface area contributed by atoms with Crippen molar-refractivity contribution >= 4 is 28.7 Å². The number of imidazole rings is 1. The molecule has 0 unspecified atom stereocenters. The monoisotopic (exact) mass is 516 g/mol. The number of hydrogen-bond donors (Lipinski definition) is 1. The molecule has 1 aromatic carbocycles. The van der Waals surface area contributed by atoms with E-state index in [-0.39, 0.29) is 24.4 Å². The Morgan fingerprint density at radius 3 is 2.47 bits per heavy atom. The van der Waals surface area contributed by atoms with Gasteiger partial charge < -0.3 is 24.4 Å². The number of halogens is 1. The number of aliphatic hydroxyl groups is 1. The van der Waals surface area contributed by atoms with E-state index in [9.17, 15) is 14.3 Å². The van der Waals surface area contributed by atoms with Crippen molar-refractivity contribution in [3.63, 3.8) is 0 Å². The highest BCUT2D eigenvalue weighted by Gasteiger charge is 2.24. The van der Waals surface area contributed by atoms with Crippen LogP contribution in [0.2, 0.25) is 0 Å². The third kappa shape index (κ3) is 4.89. The van der Waals surface area contributed by atoms with Crippen molar-refractivity contribution in [2.75, 3.05) is 49.1 Å². The molecule has 0 spiro atoms. The van der Waals surface area contributed by atoms with E-state index in [0.717, 1.165) is 22.3 Å². The third-order valence-electron chi connectivity index (χ3n) is 7.31. The number of piperazine rings is 1. The van der Waals surface area contributed by atoms with Crippen molar-refractivity contribution in [3.8, 4) is 11.1 Å². The molecule has 6 rings (SSSR count). The number of aliphatic hydroxyl groups excluding tert-OH is 1. The van der Waals surface area contributed by atoms with Crippen LogP contribution in [0.25, 0.3) is 22.3 Å². The molecule has 1 amide bonds. The van der Waals surface area contributed by atoms with Gasteiger partial charge in [0.25, 0.3) is 0 Å². The van der Waals surface area contributed by atoms with Crippen molar-refractivity contribution in [3.05, 3.63) is 61.1 Å². The third-order valence-corrected chi connectivity index (χ3v) is 7.31. The van der Waals surface area contributed by atoms with Crippen LogP contribution in [0.15, 0.2) is 55.2 Å². The number of benzene rings is 1. The Morgan fingerprint density at radius 2 is 1.71 bits per heavy atom. The van der Waals surface area contributed by atoms with E-state index in [1.165, 1.54) is 12.1 Å². The predicted octanol–water partition coefficient (Wildman–Crippen LogP) is 2.34. The van der Waals surface area contributed by atoms with E-state index in [2.05, 4.69) is 29.7 Å². The Labute approximate surface area is 219 Å². The summed E-state index contributed by atoms with van der Waals surface area (Å²) in [6.45, 7) is 3.99. The lowest BCUT2D eigenvalue weighted by Crippen LogP contribution is -2.49. The fourth-order valence-corrected chi connectivity index (χ4v) is 5.16. The number of carbonyl (C=O) groups is 1. The zero-order valence-electron chi connectivity index (χ0n) is 20.9. The summed E-state index contributed by atoms with van der Waals surface area (Å²) >= 11 is 0. The van der Waals surface area contributed by atoms with Crippen molar-refractivity contribution < 1.29 is 14.3 Å². The van der Waals surface area contributed by atoms with Crippen LogP contribution in [0.3, 0.4) is 0 Å². The topological polar surface area (TPSA) is 104 Å². The largest absolute Gasteiger partial charge is 0.393 e. The lowest BCUT2D eigenvalue weighted by Gasteiger charge is -2.37. The van der Waals surface area contributed by atoms with Gasteiger partial charge in [-0.2, -0.15) is 0 Å². The molecule has 2 aliphatic heterocycles. The molecule has 5 heterocycles. The molecule has 10 nitrogen and oxygen atoms in total. The van der Waals surface area contributed by atoms with Gasteiger partial charge in [-0.05, 0) is 43.2 Å². The Bertz CT molecular complexity index is 1430. The fourth-order valence-electron chi connectivity index (χ4n) is 5.16. The summed E-state index contributed by atoms with van der Waals surface area (Å²) in [4.78, 5) is 36.8. The molecular weight excluding hydrogens is 487 g/mol. The molecule has 0 saturated carbocycles. The highest BCUT2D eigenvalue weighted by Crippen LogP contribution is 2.32. The molecule has 0 bridgehead atoms. The number of amides is 1. The maximum atomic E-state index is 14.3. The number of carbonyl (C=O) groups excluding carboxylic acids is 1. The molecule has 196 valence electrons. The maximum Gasteiger partial charge on any atom is 0.242 e. The highest BCUT2D eigenvalue weighted by molar-refractivity contribution is 5.80. The van der Waals surface area contributed by atoms with Crippen molar-refractivity contribution in [1.29, 1.82) is 0 Å². The molecule has 38 heavy (non-hydrogen) atoms. The van der Waals surface area contributed by atoms with E-state index < -0.39 is 0 Å². The molecular formula is C27H29FN8O2. The number of rotatable bonds is 5. The van der Waals surface area contributed by atoms with Gasteiger partial charge in [0.05, 0.1) is 12.4 Å². The zero-order chi connectivity index (χ0) is 26.1.